The van der Waals surface area contributed by atoms with Gasteiger partial charge >= 0.3 is 0 Å². The van der Waals surface area contributed by atoms with Crippen LogP contribution in [0.2, 0.25) is 0 Å². The minimum atomic E-state index is -0.0203. The summed E-state index contributed by atoms with van der Waals surface area (Å²) in [6.45, 7) is 6.14. The Kier molecular flexibility index (Phi) is 1.39. The van der Waals surface area contributed by atoms with Gasteiger partial charge in [-0.2, -0.15) is 0 Å². The van der Waals surface area contributed by atoms with Crippen molar-refractivity contribution in [1.29, 1.82) is 0 Å². The van der Waals surface area contributed by atoms with Gasteiger partial charge in [0.05, 0.1) is 0 Å². The Morgan fingerprint density at radius 3 is 2.30 bits per heavy atom. The van der Waals surface area contributed by atoms with Crippen molar-refractivity contribution in [3.8, 4) is 0 Å². The summed E-state index contributed by atoms with van der Waals surface area (Å²) in [4.78, 5) is 0. The van der Waals surface area contributed by atoms with Crippen molar-refractivity contribution in [3.05, 3.63) is 6.33 Å². The first kappa shape index (κ1) is 7.05. The number of hydrogen-bond donors (Lipinski definition) is 1. The molecule has 4 heteroatoms. The molecular formula is C6H12N4. The van der Waals surface area contributed by atoms with Gasteiger partial charge in [0.2, 0.25) is 5.95 Å². The smallest absolute Gasteiger partial charge is 0.222 e. The molecule has 1 aromatic heterocycles. The van der Waals surface area contributed by atoms with Crippen LogP contribution in [0.1, 0.15) is 20.8 Å². The predicted octanol–water partition coefficient (Wildman–Crippen LogP) is 0.615. The minimum absolute atomic E-state index is 0.0203. The summed E-state index contributed by atoms with van der Waals surface area (Å²) in [6, 6.07) is 0. The Morgan fingerprint density at radius 1 is 1.50 bits per heavy atom. The maximum absolute atomic E-state index is 5.52. The SMILES string of the molecule is CC(C)(C)n1cnnc1N. The first-order valence-electron chi connectivity index (χ1n) is 3.18. The lowest BCUT2D eigenvalue weighted by molar-refractivity contribution is 0.401. The van der Waals surface area contributed by atoms with Crippen molar-refractivity contribution in [2.45, 2.75) is 26.3 Å². The van der Waals surface area contributed by atoms with Crippen molar-refractivity contribution >= 4 is 5.95 Å². The largest absolute Gasteiger partial charge is 0.368 e. The maximum Gasteiger partial charge on any atom is 0.222 e. The molecule has 0 aliphatic rings. The van der Waals surface area contributed by atoms with E-state index in [1.807, 2.05) is 25.3 Å². The zero-order valence-corrected chi connectivity index (χ0v) is 6.50. The molecule has 0 unspecified atom stereocenters. The fraction of sp³-hybridized carbons (Fsp3) is 0.667. The molecule has 0 aliphatic heterocycles. The second-order valence-electron chi connectivity index (χ2n) is 3.23. The van der Waals surface area contributed by atoms with Crippen LogP contribution in [-0.4, -0.2) is 14.8 Å². The van der Waals surface area contributed by atoms with Crippen molar-refractivity contribution in [1.82, 2.24) is 14.8 Å². The zero-order chi connectivity index (χ0) is 7.78. The van der Waals surface area contributed by atoms with Gasteiger partial charge in [0.25, 0.3) is 0 Å². The lowest BCUT2D eigenvalue weighted by Crippen LogP contribution is -2.22. The number of anilines is 1. The van der Waals surface area contributed by atoms with E-state index in [4.69, 9.17) is 5.73 Å². The van der Waals surface area contributed by atoms with E-state index >= 15 is 0 Å². The molecule has 0 bridgehead atoms. The van der Waals surface area contributed by atoms with Crippen LogP contribution in [0.25, 0.3) is 0 Å². The normalized spacial score (nSPS) is 11.9. The van der Waals surface area contributed by atoms with Crippen LogP contribution >= 0.6 is 0 Å². The van der Waals surface area contributed by atoms with Crippen molar-refractivity contribution in [2.24, 2.45) is 0 Å². The molecule has 0 saturated carbocycles. The summed E-state index contributed by atoms with van der Waals surface area (Å²) in [5.74, 6) is 0.465. The van der Waals surface area contributed by atoms with Crippen molar-refractivity contribution < 1.29 is 0 Å². The molecule has 0 aromatic carbocycles. The molecule has 1 heterocycles. The molecule has 56 valence electrons. The van der Waals surface area contributed by atoms with Crippen LogP contribution in [0.4, 0.5) is 5.95 Å². The monoisotopic (exact) mass is 140 g/mol. The van der Waals surface area contributed by atoms with Crippen molar-refractivity contribution in [2.75, 3.05) is 5.73 Å². The third-order valence-electron chi connectivity index (χ3n) is 1.30. The van der Waals surface area contributed by atoms with Crippen LogP contribution in [0.5, 0.6) is 0 Å². The lowest BCUT2D eigenvalue weighted by atomic mass is 10.1. The molecule has 10 heavy (non-hydrogen) atoms. The summed E-state index contributed by atoms with van der Waals surface area (Å²) >= 11 is 0. The first-order valence-corrected chi connectivity index (χ1v) is 3.18. The topological polar surface area (TPSA) is 56.7 Å². The number of nitrogens with two attached hydrogens (primary N) is 1. The number of hydrogen-bond acceptors (Lipinski definition) is 3. The van der Waals surface area contributed by atoms with Crippen molar-refractivity contribution in [3.63, 3.8) is 0 Å². The highest BCUT2D eigenvalue weighted by Crippen LogP contribution is 2.15. The fourth-order valence-corrected chi connectivity index (χ4v) is 0.761. The summed E-state index contributed by atoms with van der Waals surface area (Å²) < 4.78 is 1.83. The third-order valence-corrected chi connectivity index (χ3v) is 1.30. The molecule has 0 spiro atoms. The van der Waals surface area contributed by atoms with Gasteiger partial charge in [-0.15, -0.1) is 10.2 Å². The maximum atomic E-state index is 5.52. The van der Waals surface area contributed by atoms with E-state index in [0.717, 1.165) is 0 Å². The molecule has 0 fully saturated rings. The Morgan fingerprint density at radius 2 is 2.10 bits per heavy atom. The Balaban J connectivity index is 3.05. The van der Waals surface area contributed by atoms with Crippen LogP contribution in [-0.2, 0) is 5.54 Å². The van der Waals surface area contributed by atoms with Crippen LogP contribution < -0.4 is 5.73 Å². The van der Waals surface area contributed by atoms with E-state index in [0.29, 0.717) is 5.95 Å². The minimum Gasteiger partial charge on any atom is -0.368 e. The van der Waals surface area contributed by atoms with Crippen LogP contribution in [0, 0.1) is 0 Å². The molecule has 0 atom stereocenters. The summed E-state index contributed by atoms with van der Waals surface area (Å²) in [7, 11) is 0. The molecule has 1 aromatic rings. The number of rotatable bonds is 0. The molecule has 1 rings (SSSR count). The van der Waals surface area contributed by atoms with Gasteiger partial charge in [-0.05, 0) is 20.8 Å². The average molecular weight is 140 g/mol. The van der Waals surface area contributed by atoms with Gasteiger partial charge in [0, 0.05) is 5.54 Å². The van der Waals surface area contributed by atoms with Crippen LogP contribution in [0.3, 0.4) is 0 Å². The fourth-order valence-electron chi connectivity index (χ4n) is 0.761. The molecular weight excluding hydrogens is 128 g/mol. The zero-order valence-electron chi connectivity index (χ0n) is 6.50. The molecule has 0 saturated heterocycles. The van der Waals surface area contributed by atoms with Gasteiger partial charge in [0.1, 0.15) is 6.33 Å². The van der Waals surface area contributed by atoms with E-state index in [9.17, 15) is 0 Å². The molecule has 4 nitrogen and oxygen atoms in total. The molecule has 0 radical (unpaired) electrons. The quantitative estimate of drug-likeness (QED) is 0.574. The first-order chi connectivity index (χ1) is 4.52. The molecule has 0 aliphatic carbocycles. The van der Waals surface area contributed by atoms with Crippen LogP contribution in [0.15, 0.2) is 6.33 Å². The lowest BCUT2D eigenvalue weighted by Gasteiger charge is -2.20. The highest BCUT2D eigenvalue weighted by atomic mass is 15.3. The van der Waals surface area contributed by atoms with Gasteiger partial charge in [-0.25, -0.2) is 0 Å². The Labute approximate surface area is 60.1 Å². The summed E-state index contributed by atoms with van der Waals surface area (Å²) in [6.07, 6.45) is 1.63. The summed E-state index contributed by atoms with van der Waals surface area (Å²) in [5.41, 5.74) is 5.50. The predicted molar refractivity (Wildman–Crippen MR) is 39.4 cm³/mol. The van der Waals surface area contributed by atoms with E-state index in [-0.39, 0.29) is 5.54 Å². The Bertz CT molecular complexity index is 220. The van der Waals surface area contributed by atoms with E-state index in [1.165, 1.54) is 0 Å². The molecule has 0 amide bonds. The second kappa shape index (κ2) is 1.97. The number of nitrogens with zero attached hydrogens (tertiary/aromatic N) is 3. The highest BCUT2D eigenvalue weighted by Gasteiger charge is 2.14. The standard InChI is InChI=1S/C6H12N4/c1-6(2,3)10-4-8-9-5(10)7/h4H,1-3H3,(H2,7,9). The van der Waals surface area contributed by atoms with Gasteiger partial charge in [-0.3, -0.25) is 4.57 Å². The second-order valence-corrected chi connectivity index (χ2v) is 3.23. The van der Waals surface area contributed by atoms with E-state index < -0.39 is 0 Å². The average Bonchev–Trinajstić information content (AvgIpc) is 2.11. The number of aromatic nitrogens is 3. The van der Waals surface area contributed by atoms with E-state index in [1.54, 1.807) is 6.33 Å². The highest BCUT2D eigenvalue weighted by molar-refractivity contribution is 5.15. The van der Waals surface area contributed by atoms with Gasteiger partial charge in [-0.1, -0.05) is 0 Å². The molecule has 2 N–H and O–H groups in total. The Hall–Kier alpha value is -1.06. The van der Waals surface area contributed by atoms with Gasteiger partial charge in [0.15, 0.2) is 0 Å². The summed E-state index contributed by atoms with van der Waals surface area (Å²) in [5, 5.41) is 7.35. The van der Waals surface area contributed by atoms with E-state index in [2.05, 4.69) is 10.2 Å². The number of nitrogen functional groups attached to an aromatic ring is 1. The third kappa shape index (κ3) is 1.10. The van der Waals surface area contributed by atoms with Gasteiger partial charge < -0.3 is 5.73 Å².